The van der Waals surface area contributed by atoms with Crippen molar-refractivity contribution in [3.8, 4) is 0 Å². The Hall–Kier alpha value is -1.35. The fraction of sp³-hybridized carbons (Fsp3) is 0.588. The second-order valence-electron chi connectivity index (χ2n) is 5.53. The lowest BCUT2D eigenvalue weighted by molar-refractivity contribution is -0.129. The van der Waals surface area contributed by atoms with Crippen LogP contribution in [-0.4, -0.2) is 11.1 Å². The van der Waals surface area contributed by atoms with Crippen LogP contribution in [-0.2, 0) is 4.79 Å². The molecule has 0 bridgehead atoms. The van der Waals surface area contributed by atoms with Crippen LogP contribution in [0.5, 0.6) is 0 Å². The summed E-state index contributed by atoms with van der Waals surface area (Å²) in [6, 6.07) is 0. The van der Waals surface area contributed by atoms with Crippen LogP contribution in [0.25, 0.3) is 0 Å². The third-order valence-corrected chi connectivity index (χ3v) is 3.11. The predicted molar refractivity (Wildman–Crippen MR) is 84.6 cm³/mol. The Labute approximate surface area is 123 Å². The van der Waals surface area contributed by atoms with Crippen LogP contribution in [0.3, 0.4) is 0 Å². The zero-order chi connectivity index (χ0) is 15.4. The van der Waals surface area contributed by atoms with Crippen LogP contribution < -0.4 is 5.48 Å². The lowest BCUT2D eigenvalue weighted by Crippen LogP contribution is -2.17. The normalized spacial score (nSPS) is 12.2. The van der Waals surface area contributed by atoms with Gasteiger partial charge >= 0.3 is 0 Å². The number of nitrogens with one attached hydrogen (secondary N) is 1. The first kappa shape index (κ1) is 18.7. The van der Waals surface area contributed by atoms with Crippen molar-refractivity contribution in [1.29, 1.82) is 0 Å². The molecule has 114 valence electrons. The van der Waals surface area contributed by atoms with Crippen molar-refractivity contribution < 1.29 is 10.0 Å². The smallest absolute Gasteiger partial charge is 0.243 e. The fourth-order valence-electron chi connectivity index (χ4n) is 1.84. The molecule has 0 aliphatic carbocycles. The van der Waals surface area contributed by atoms with Gasteiger partial charge in [-0.15, -0.1) is 0 Å². The summed E-state index contributed by atoms with van der Waals surface area (Å²) in [5, 5.41) is 8.38. The molecule has 0 spiro atoms. The SMILES string of the molecule is CC(C)=CCC/C(C)=C/CC/C(C)=C/CCC(=O)NO. The van der Waals surface area contributed by atoms with Gasteiger partial charge in [-0.2, -0.15) is 0 Å². The average Bonchev–Trinajstić information content (AvgIpc) is 2.38. The largest absolute Gasteiger partial charge is 0.289 e. The lowest BCUT2D eigenvalue weighted by atomic mass is 10.1. The van der Waals surface area contributed by atoms with Crippen molar-refractivity contribution in [1.82, 2.24) is 5.48 Å². The molecule has 20 heavy (non-hydrogen) atoms. The summed E-state index contributed by atoms with van der Waals surface area (Å²) in [5.41, 5.74) is 5.76. The maximum Gasteiger partial charge on any atom is 0.243 e. The molecule has 0 atom stereocenters. The van der Waals surface area contributed by atoms with E-state index in [9.17, 15) is 4.79 Å². The Morgan fingerprint density at radius 2 is 1.30 bits per heavy atom. The zero-order valence-electron chi connectivity index (χ0n) is 13.3. The van der Waals surface area contributed by atoms with E-state index >= 15 is 0 Å². The molecule has 0 aromatic rings. The first-order valence-electron chi connectivity index (χ1n) is 7.33. The van der Waals surface area contributed by atoms with Crippen LogP contribution in [0.2, 0.25) is 0 Å². The number of hydroxylamine groups is 1. The predicted octanol–water partition coefficient (Wildman–Crippen LogP) is 4.69. The standard InChI is InChI=1S/C17H29NO2/c1-14(2)8-5-9-15(3)10-6-11-16(4)12-7-13-17(19)18-20/h8,10,12,20H,5-7,9,11,13H2,1-4H3,(H,18,19)/b15-10+,16-12+. The summed E-state index contributed by atoms with van der Waals surface area (Å²) in [7, 11) is 0. The van der Waals surface area contributed by atoms with Crippen LogP contribution in [0.15, 0.2) is 34.9 Å². The van der Waals surface area contributed by atoms with Crippen molar-refractivity contribution >= 4 is 5.91 Å². The van der Waals surface area contributed by atoms with Crippen molar-refractivity contribution in [2.75, 3.05) is 0 Å². The summed E-state index contributed by atoms with van der Waals surface area (Å²) in [4.78, 5) is 10.8. The second kappa shape index (κ2) is 11.5. The number of allylic oxidation sites excluding steroid dienone is 6. The van der Waals surface area contributed by atoms with Gasteiger partial charge in [0.1, 0.15) is 0 Å². The molecule has 0 saturated heterocycles. The van der Waals surface area contributed by atoms with Crippen molar-refractivity contribution in [3.05, 3.63) is 34.9 Å². The molecular weight excluding hydrogens is 250 g/mol. The molecule has 1 amide bonds. The summed E-state index contributed by atoms with van der Waals surface area (Å²) in [6.45, 7) is 8.53. The molecule has 0 radical (unpaired) electrons. The monoisotopic (exact) mass is 279 g/mol. The number of rotatable bonds is 9. The summed E-state index contributed by atoms with van der Waals surface area (Å²) in [6.07, 6.45) is 12.0. The van der Waals surface area contributed by atoms with Gasteiger partial charge in [0.25, 0.3) is 0 Å². The fourth-order valence-corrected chi connectivity index (χ4v) is 1.84. The number of hydrogen-bond acceptors (Lipinski definition) is 2. The molecule has 0 unspecified atom stereocenters. The minimum atomic E-state index is -0.330. The van der Waals surface area contributed by atoms with Gasteiger partial charge < -0.3 is 0 Å². The highest BCUT2D eigenvalue weighted by Crippen LogP contribution is 2.12. The van der Waals surface area contributed by atoms with Crippen LogP contribution in [0.4, 0.5) is 0 Å². The van der Waals surface area contributed by atoms with Gasteiger partial charge in [0.15, 0.2) is 0 Å². The first-order valence-corrected chi connectivity index (χ1v) is 7.33. The van der Waals surface area contributed by atoms with E-state index in [1.54, 1.807) is 5.48 Å². The molecule has 3 nitrogen and oxygen atoms in total. The Balaban J connectivity index is 3.88. The summed E-state index contributed by atoms with van der Waals surface area (Å²) >= 11 is 0. The molecule has 0 heterocycles. The van der Waals surface area contributed by atoms with E-state index in [1.165, 1.54) is 16.7 Å². The van der Waals surface area contributed by atoms with Crippen molar-refractivity contribution in [3.63, 3.8) is 0 Å². The number of hydrogen-bond donors (Lipinski definition) is 2. The quantitative estimate of drug-likeness (QED) is 0.365. The molecule has 3 heteroatoms. The molecule has 0 fully saturated rings. The highest BCUT2D eigenvalue weighted by atomic mass is 16.5. The number of carbonyl (C=O) groups excluding carboxylic acids is 1. The van der Waals surface area contributed by atoms with E-state index < -0.39 is 0 Å². The van der Waals surface area contributed by atoms with Gasteiger partial charge in [0, 0.05) is 6.42 Å². The van der Waals surface area contributed by atoms with E-state index in [-0.39, 0.29) is 5.91 Å². The van der Waals surface area contributed by atoms with Crippen LogP contribution in [0.1, 0.15) is 66.2 Å². The summed E-state index contributed by atoms with van der Waals surface area (Å²) in [5.74, 6) is -0.330. The average molecular weight is 279 g/mol. The Kier molecular flexibility index (Phi) is 10.7. The van der Waals surface area contributed by atoms with Crippen LogP contribution in [0, 0.1) is 0 Å². The third-order valence-electron chi connectivity index (χ3n) is 3.11. The molecule has 0 aromatic carbocycles. The highest BCUT2D eigenvalue weighted by Gasteiger charge is 1.96. The van der Waals surface area contributed by atoms with Gasteiger partial charge in [-0.3, -0.25) is 10.0 Å². The van der Waals surface area contributed by atoms with Gasteiger partial charge in [0.2, 0.25) is 5.91 Å². The maximum absolute atomic E-state index is 10.8. The molecule has 2 N–H and O–H groups in total. The molecule has 0 aliphatic heterocycles. The topological polar surface area (TPSA) is 49.3 Å². The molecule has 0 aliphatic rings. The van der Waals surface area contributed by atoms with E-state index in [2.05, 4.69) is 45.9 Å². The van der Waals surface area contributed by atoms with Crippen molar-refractivity contribution in [2.45, 2.75) is 66.2 Å². The lowest BCUT2D eigenvalue weighted by Gasteiger charge is -2.01. The Morgan fingerprint density at radius 3 is 1.75 bits per heavy atom. The number of carbonyl (C=O) groups is 1. The third kappa shape index (κ3) is 11.7. The Bertz CT molecular complexity index is 374. The zero-order valence-corrected chi connectivity index (χ0v) is 13.3. The molecule has 0 rings (SSSR count). The van der Waals surface area contributed by atoms with E-state index in [0.29, 0.717) is 12.8 Å². The van der Waals surface area contributed by atoms with Gasteiger partial charge in [-0.05, 0) is 59.8 Å². The molecule has 0 aromatic heterocycles. The Morgan fingerprint density at radius 1 is 0.850 bits per heavy atom. The van der Waals surface area contributed by atoms with Crippen molar-refractivity contribution in [2.24, 2.45) is 0 Å². The van der Waals surface area contributed by atoms with Gasteiger partial charge in [-0.1, -0.05) is 34.9 Å². The van der Waals surface area contributed by atoms with Gasteiger partial charge in [0.05, 0.1) is 0 Å². The minimum Gasteiger partial charge on any atom is -0.289 e. The highest BCUT2D eigenvalue weighted by molar-refractivity contribution is 5.74. The van der Waals surface area contributed by atoms with Gasteiger partial charge in [-0.25, -0.2) is 5.48 Å². The van der Waals surface area contributed by atoms with E-state index in [0.717, 1.165) is 25.7 Å². The maximum atomic E-state index is 10.8. The molecule has 0 saturated carbocycles. The first-order chi connectivity index (χ1) is 9.45. The summed E-state index contributed by atoms with van der Waals surface area (Å²) < 4.78 is 0. The van der Waals surface area contributed by atoms with E-state index in [4.69, 9.17) is 5.21 Å². The number of amides is 1. The van der Waals surface area contributed by atoms with E-state index in [1.807, 2.05) is 0 Å². The molecular formula is C17H29NO2. The van der Waals surface area contributed by atoms with Crippen LogP contribution >= 0.6 is 0 Å². The second-order valence-corrected chi connectivity index (χ2v) is 5.53. The minimum absolute atomic E-state index is 0.330.